The molecule has 0 aliphatic carbocycles. The second kappa shape index (κ2) is 8.46. The third-order valence-electron chi connectivity index (χ3n) is 5.19. The maximum Gasteiger partial charge on any atom is 0.261 e. The maximum absolute atomic E-state index is 13.3. The number of amides is 1. The number of aryl methyl sites for hydroxylation is 1. The standard InChI is InChI=1S/C20H20F2N4O3S2/c1-11-16-18(23-7-12-2-3-31(28,29)9-12)25-10-26-20(16)30-17(11)19(27)24-8-13-4-14(21)6-15(22)5-13/h4-6,10,12H,2-3,7-9H2,1H3,(H,24,27)(H,23,25,26)/t12-/m0/s1. The van der Waals surface area contributed by atoms with Crippen molar-refractivity contribution in [1.82, 2.24) is 15.3 Å². The topological polar surface area (TPSA) is 101 Å². The molecule has 11 heteroatoms. The number of aromatic nitrogens is 2. The van der Waals surface area contributed by atoms with Crippen LogP contribution in [0.25, 0.3) is 10.2 Å². The van der Waals surface area contributed by atoms with E-state index in [0.29, 0.717) is 45.0 Å². The molecule has 3 aromatic rings. The maximum atomic E-state index is 13.3. The van der Waals surface area contributed by atoms with Crippen LogP contribution in [0.2, 0.25) is 0 Å². The molecule has 0 unspecified atom stereocenters. The van der Waals surface area contributed by atoms with Gasteiger partial charge in [-0.2, -0.15) is 0 Å². The Bertz CT molecular complexity index is 1240. The number of rotatable bonds is 6. The lowest BCUT2D eigenvalue weighted by Crippen LogP contribution is -2.22. The molecular formula is C20H20F2N4O3S2. The predicted molar refractivity (Wildman–Crippen MR) is 115 cm³/mol. The van der Waals surface area contributed by atoms with Gasteiger partial charge in [0.25, 0.3) is 5.91 Å². The zero-order chi connectivity index (χ0) is 22.2. The van der Waals surface area contributed by atoms with Gasteiger partial charge in [0.05, 0.1) is 21.8 Å². The molecule has 0 spiro atoms. The Morgan fingerprint density at radius 3 is 2.65 bits per heavy atom. The zero-order valence-electron chi connectivity index (χ0n) is 16.6. The fourth-order valence-corrected chi connectivity index (χ4v) is 6.60. The largest absolute Gasteiger partial charge is 0.369 e. The Labute approximate surface area is 181 Å². The molecular weight excluding hydrogens is 446 g/mol. The van der Waals surface area contributed by atoms with Crippen molar-refractivity contribution in [3.63, 3.8) is 0 Å². The Morgan fingerprint density at radius 2 is 1.97 bits per heavy atom. The van der Waals surface area contributed by atoms with E-state index in [4.69, 9.17) is 0 Å². The average molecular weight is 467 g/mol. The highest BCUT2D eigenvalue weighted by Gasteiger charge is 2.28. The molecule has 4 rings (SSSR count). The first-order chi connectivity index (χ1) is 14.7. The number of halogens is 2. The van der Waals surface area contributed by atoms with Gasteiger partial charge in [-0.1, -0.05) is 0 Å². The molecule has 3 heterocycles. The van der Waals surface area contributed by atoms with Crippen LogP contribution in [0, 0.1) is 24.5 Å². The van der Waals surface area contributed by atoms with Crippen molar-refractivity contribution in [3.8, 4) is 0 Å². The monoisotopic (exact) mass is 466 g/mol. The second-order valence-corrected chi connectivity index (χ2v) is 10.8. The summed E-state index contributed by atoms with van der Waals surface area (Å²) in [6.45, 7) is 2.23. The summed E-state index contributed by atoms with van der Waals surface area (Å²) in [5.74, 6) is -0.858. The van der Waals surface area contributed by atoms with Crippen LogP contribution in [0.15, 0.2) is 24.5 Å². The number of hydrogen-bond donors (Lipinski definition) is 2. The number of sulfone groups is 1. The summed E-state index contributed by atoms with van der Waals surface area (Å²) in [5, 5.41) is 6.59. The van der Waals surface area contributed by atoms with E-state index in [1.54, 1.807) is 6.92 Å². The number of nitrogens with zero attached hydrogens (tertiary/aromatic N) is 2. The summed E-state index contributed by atoms with van der Waals surface area (Å²) >= 11 is 1.20. The quantitative estimate of drug-likeness (QED) is 0.579. The van der Waals surface area contributed by atoms with Gasteiger partial charge >= 0.3 is 0 Å². The molecule has 1 aromatic carbocycles. The van der Waals surface area contributed by atoms with Crippen molar-refractivity contribution in [3.05, 3.63) is 52.2 Å². The van der Waals surface area contributed by atoms with E-state index < -0.39 is 21.5 Å². The fourth-order valence-electron chi connectivity index (χ4n) is 3.67. The molecule has 31 heavy (non-hydrogen) atoms. The van der Waals surface area contributed by atoms with E-state index in [9.17, 15) is 22.0 Å². The normalized spacial score (nSPS) is 17.7. The minimum Gasteiger partial charge on any atom is -0.369 e. The van der Waals surface area contributed by atoms with Crippen LogP contribution in [-0.2, 0) is 16.4 Å². The lowest BCUT2D eigenvalue weighted by Gasteiger charge is -2.11. The third kappa shape index (κ3) is 4.82. The van der Waals surface area contributed by atoms with Gasteiger partial charge in [-0.25, -0.2) is 27.2 Å². The Morgan fingerprint density at radius 1 is 1.23 bits per heavy atom. The molecule has 0 saturated carbocycles. The van der Waals surface area contributed by atoms with E-state index in [0.717, 1.165) is 18.2 Å². The van der Waals surface area contributed by atoms with Crippen LogP contribution in [0.3, 0.4) is 0 Å². The molecule has 2 N–H and O–H groups in total. The number of fused-ring (bicyclic) bond motifs is 1. The van der Waals surface area contributed by atoms with Crippen LogP contribution in [-0.4, -0.2) is 42.3 Å². The Hall–Kier alpha value is -2.66. The number of benzene rings is 1. The molecule has 7 nitrogen and oxygen atoms in total. The number of anilines is 1. The van der Waals surface area contributed by atoms with Crippen LogP contribution in [0.1, 0.15) is 27.2 Å². The molecule has 1 aliphatic rings. The third-order valence-corrected chi connectivity index (χ3v) is 8.23. The number of hydrogen-bond acceptors (Lipinski definition) is 7. The summed E-state index contributed by atoms with van der Waals surface area (Å²) in [6, 6.07) is 3.10. The highest BCUT2D eigenvalue weighted by atomic mass is 32.2. The van der Waals surface area contributed by atoms with Gasteiger partial charge in [-0.3, -0.25) is 4.79 Å². The van der Waals surface area contributed by atoms with Crippen molar-refractivity contribution < 1.29 is 22.0 Å². The number of nitrogens with one attached hydrogen (secondary N) is 2. The average Bonchev–Trinajstić information content (AvgIpc) is 3.23. The first kappa shape index (κ1) is 21.6. The van der Waals surface area contributed by atoms with Crippen LogP contribution in [0.5, 0.6) is 0 Å². The van der Waals surface area contributed by atoms with Crippen molar-refractivity contribution in [2.24, 2.45) is 5.92 Å². The van der Waals surface area contributed by atoms with Gasteiger partial charge in [0, 0.05) is 19.2 Å². The van der Waals surface area contributed by atoms with Crippen molar-refractivity contribution in [2.45, 2.75) is 19.9 Å². The molecule has 0 radical (unpaired) electrons. The van der Waals surface area contributed by atoms with Crippen LogP contribution >= 0.6 is 11.3 Å². The summed E-state index contributed by atoms with van der Waals surface area (Å²) in [6.07, 6.45) is 2.00. The van der Waals surface area contributed by atoms with Crippen LogP contribution < -0.4 is 10.6 Å². The van der Waals surface area contributed by atoms with Gasteiger partial charge in [0.15, 0.2) is 9.84 Å². The molecule has 0 bridgehead atoms. The van der Waals surface area contributed by atoms with Crippen molar-refractivity contribution in [2.75, 3.05) is 23.4 Å². The second-order valence-electron chi connectivity index (χ2n) is 7.57. The predicted octanol–water partition coefficient (Wildman–Crippen LogP) is 3.05. The van der Waals surface area contributed by atoms with E-state index in [1.165, 1.54) is 17.7 Å². The van der Waals surface area contributed by atoms with Crippen LogP contribution in [0.4, 0.5) is 14.6 Å². The lowest BCUT2D eigenvalue weighted by molar-refractivity contribution is 0.0954. The van der Waals surface area contributed by atoms with Gasteiger partial charge < -0.3 is 10.6 Å². The summed E-state index contributed by atoms with van der Waals surface area (Å²) < 4.78 is 50.0. The van der Waals surface area contributed by atoms with Crippen molar-refractivity contribution in [1.29, 1.82) is 0 Å². The number of carbonyl (C=O) groups excluding carboxylic acids is 1. The first-order valence-corrected chi connectivity index (χ1v) is 12.3. The molecule has 2 aromatic heterocycles. The van der Waals surface area contributed by atoms with E-state index >= 15 is 0 Å². The highest BCUT2D eigenvalue weighted by Crippen LogP contribution is 2.33. The van der Waals surface area contributed by atoms with Gasteiger partial charge in [0.2, 0.25) is 0 Å². The lowest BCUT2D eigenvalue weighted by atomic mass is 10.1. The molecule has 164 valence electrons. The molecule has 1 fully saturated rings. The zero-order valence-corrected chi connectivity index (χ0v) is 18.2. The SMILES string of the molecule is Cc1c(C(=O)NCc2cc(F)cc(F)c2)sc2ncnc(NC[C@@H]3CCS(=O)(=O)C3)c12. The molecule has 1 amide bonds. The van der Waals surface area contributed by atoms with Crippen molar-refractivity contribution >= 4 is 43.1 Å². The summed E-state index contributed by atoms with van der Waals surface area (Å²) in [4.78, 5) is 22.3. The minimum atomic E-state index is -2.96. The van der Waals surface area contributed by atoms with Gasteiger partial charge in [0.1, 0.15) is 28.6 Å². The smallest absolute Gasteiger partial charge is 0.261 e. The minimum absolute atomic E-state index is 0.0170. The van der Waals surface area contributed by atoms with Gasteiger partial charge in [-0.05, 0) is 42.5 Å². The summed E-state index contributed by atoms with van der Waals surface area (Å²) in [5.41, 5.74) is 1.00. The fraction of sp³-hybridized carbons (Fsp3) is 0.350. The Kier molecular flexibility index (Phi) is 5.89. The highest BCUT2D eigenvalue weighted by molar-refractivity contribution is 7.91. The van der Waals surface area contributed by atoms with Gasteiger partial charge in [-0.15, -0.1) is 11.3 Å². The molecule has 1 saturated heterocycles. The first-order valence-electron chi connectivity index (χ1n) is 9.63. The summed E-state index contributed by atoms with van der Waals surface area (Å²) in [7, 11) is -2.96. The van der Waals surface area contributed by atoms with E-state index in [2.05, 4.69) is 20.6 Å². The molecule has 1 atom stereocenters. The van der Waals surface area contributed by atoms with E-state index in [-0.39, 0.29) is 29.9 Å². The Balaban J connectivity index is 1.50. The number of thiophene rings is 1. The van der Waals surface area contributed by atoms with E-state index in [1.807, 2.05) is 0 Å². The number of carbonyl (C=O) groups is 1. The molecule has 1 aliphatic heterocycles.